The minimum absolute atomic E-state index is 0.0682. The number of ether oxygens (including phenoxy) is 3. The number of piperidine rings is 1. The molecule has 1 N–H and O–H groups in total. The molecule has 1 aliphatic heterocycles. The molecule has 6 heteroatoms. The van der Waals surface area contributed by atoms with Gasteiger partial charge >= 0.3 is 6.09 Å². The van der Waals surface area contributed by atoms with Crippen molar-refractivity contribution in [2.24, 2.45) is 0 Å². The Hall–Kier alpha value is -1.63. The van der Waals surface area contributed by atoms with Crippen LogP contribution in [-0.2, 0) is 20.8 Å². The van der Waals surface area contributed by atoms with E-state index in [-0.39, 0.29) is 32.1 Å². The van der Waals surface area contributed by atoms with Crippen molar-refractivity contribution in [1.29, 1.82) is 0 Å². The van der Waals surface area contributed by atoms with E-state index in [9.17, 15) is 9.90 Å². The number of hydrogen-bond acceptors (Lipinski definition) is 5. The number of hydrogen-bond donors (Lipinski definition) is 1. The molecule has 0 bridgehead atoms. The van der Waals surface area contributed by atoms with Gasteiger partial charge in [0.15, 0.2) is 0 Å². The highest BCUT2D eigenvalue weighted by molar-refractivity contribution is 5.68. The first kappa shape index (κ1) is 17.7. The van der Waals surface area contributed by atoms with Crippen LogP contribution in [0.15, 0.2) is 30.3 Å². The molecule has 0 spiro atoms. The topological polar surface area (TPSA) is 68.2 Å². The summed E-state index contributed by atoms with van der Waals surface area (Å²) in [7, 11) is 1.56. The van der Waals surface area contributed by atoms with Gasteiger partial charge in [-0.2, -0.15) is 0 Å². The quantitative estimate of drug-likeness (QED) is 0.615. The van der Waals surface area contributed by atoms with Crippen LogP contribution in [0.1, 0.15) is 24.8 Å². The molecule has 0 unspecified atom stereocenters. The molecule has 23 heavy (non-hydrogen) atoms. The molecule has 1 saturated heterocycles. The van der Waals surface area contributed by atoms with Crippen LogP contribution in [0.5, 0.6) is 0 Å². The van der Waals surface area contributed by atoms with Crippen LogP contribution >= 0.6 is 0 Å². The molecule has 1 heterocycles. The highest BCUT2D eigenvalue weighted by atomic mass is 16.7. The molecule has 1 aliphatic rings. The van der Waals surface area contributed by atoms with E-state index in [1.165, 1.54) is 0 Å². The predicted molar refractivity (Wildman–Crippen MR) is 84.8 cm³/mol. The fourth-order valence-corrected chi connectivity index (χ4v) is 2.87. The summed E-state index contributed by atoms with van der Waals surface area (Å²) >= 11 is 0. The molecular weight excluding hydrogens is 298 g/mol. The number of methoxy groups -OCH3 is 1. The number of benzene rings is 1. The lowest BCUT2D eigenvalue weighted by Gasteiger charge is -2.40. The van der Waals surface area contributed by atoms with E-state index >= 15 is 0 Å². The zero-order valence-electron chi connectivity index (χ0n) is 13.5. The first-order chi connectivity index (χ1) is 11.3. The Morgan fingerprint density at radius 2 is 2.00 bits per heavy atom. The number of aliphatic hydroxyl groups excluding tert-OH is 1. The van der Waals surface area contributed by atoms with E-state index in [0.717, 1.165) is 24.8 Å². The minimum Gasteiger partial charge on any atom is -0.445 e. The van der Waals surface area contributed by atoms with Gasteiger partial charge in [-0.1, -0.05) is 30.3 Å². The second-order valence-corrected chi connectivity index (χ2v) is 5.65. The molecule has 1 amide bonds. The van der Waals surface area contributed by atoms with Gasteiger partial charge in [0.05, 0.1) is 25.3 Å². The van der Waals surface area contributed by atoms with Crippen LogP contribution < -0.4 is 0 Å². The second-order valence-electron chi connectivity index (χ2n) is 5.65. The van der Waals surface area contributed by atoms with E-state index in [2.05, 4.69) is 0 Å². The average Bonchev–Trinajstić information content (AvgIpc) is 2.60. The van der Waals surface area contributed by atoms with Crippen molar-refractivity contribution in [3.63, 3.8) is 0 Å². The van der Waals surface area contributed by atoms with Crippen molar-refractivity contribution in [1.82, 2.24) is 4.90 Å². The lowest BCUT2D eigenvalue weighted by molar-refractivity contribution is -0.0660. The largest absolute Gasteiger partial charge is 0.445 e. The number of likely N-dealkylation sites (tertiary alicyclic amines) is 1. The van der Waals surface area contributed by atoms with Crippen molar-refractivity contribution in [3.8, 4) is 0 Å². The predicted octanol–water partition coefficient (Wildman–Crippen LogP) is 2.16. The van der Waals surface area contributed by atoms with Gasteiger partial charge in [-0.25, -0.2) is 4.79 Å². The van der Waals surface area contributed by atoms with Gasteiger partial charge in [-0.3, -0.25) is 4.90 Å². The standard InChI is InChI=1S/C17H25NO5/c1-21-13-22-12-16-9-5-8-15(10-19)18(16)17(20)23-11-14-6-3-2-4-7-14/h2-4,6-7,15-16,19H,5,8-13H2,1H3/t15-,16+/m1/s1. The van der Waals surface area contributed by atoms with E-state index < -0.39 is 6.09 Å². The van der Waals surface area contributed by atoms with E-state index in [0.29, 0.717) is 6.61 Å². The lowest BCUT2D eigenvalue weighted by Crippen LogP contribution is -2.53. The molecule has 1 aromatic carbocycles. The Morgan fingerprint density at radius 1 is 1.26 bits per heavy atom. The van der Waals surface area contributed by atoms with Gasteiger partial charge in [0.2, 0.25) is 0 Å². The zero-order chi connectivity index (χ0) is 16.5. The number of carbonyl (C=O) groups is 1. The Morgan fingerprint density at radius 3 is 2.70 bits per heavy atom. The van der Waals surface area contributed by atoms with Crippen molar-refractivity contribution < 1.29 is 24.1 Å². The Labute approximate surface area is 136 Å². The summed E-state index contributed by atoms with van der Waals surface area (Å²) in [6.45, 7) is 0.721. The molecule has 1 fully saturated rings. The van der Waals surface area contributed by atoms with Crippen LogP contribution in [0.2, 0.25) is 0 Å². The lowest BCUT2D eigenvalue weighted by atomic mass is 9.97. The summed E-state index contributed by atoms with van der Waals surface area (Å²) in [4.78, 5) is 14.1. The third-order valence-electron chi connectivity index (χ3n) is 4.00. The number of amides is 1. The molecular formula is C17H25NO5. The fourth-order valence-electron chi connectivity index (χ4n) is 2.87. The van der Waals surface area contributed by atoms with Gasteiger partial charge in [-0.15, -0.1) is 0 Å². The van der Waals surface area contributed by atoms with Gasteiger partial charge in [0.25, 0.3) is 0 Å². The van der Waals surface area contributed by atoms with Gasteiger partial charge in [-0.05, 0) is 24.8 Å². The Balaban J connectivity index is 1.95. The maximum atomic E-state index is 12.5. The van der Waals surface area contributed by atoms with E-state index in [1.54, 1.807) is 12.0 Å². The average molecular weight is 323 g/mol. The molecule has 0 aromatic heterocycles. The first-order valence-corrected chi connectivity index (χ1v) is 7.92. The maximum absolute atomic E-state index is 12.5. The van der Waals surface area contributed by atoms with Gasteiger partial charge in [0.1, 0.15) is 13.4 Å². The minimum atomic E-state index is -0.404. The van der Waals surface area contributed by atoms with E-state index in [4.69, 9.17) is 14.2 Å². The molecule has 0 radical (unpaired) electrons. The van der Waals surface area contributed by atoms with Crippen LogP contribution in [0, 0.1) is 0 Å². The summed E-state index contributed by atoms with van der Waals surface area (Å²) in [5.41, 5.74) is 0.936. The van der Waals surface area contributed by atoms with E-state index in [1.807, 2.05) is 30.3 Å². The summed E-state index contributed by atoms with van der Waals surface area (Å²) < 4.78 is 15.7. The summed E-state index contributed by atoms with van der Waals surface area (Å²) in [5, 5.41) is 9.57. The number of aliphatic hydroxyl groups is 1. The van der Waals surface area contributed by atoms with Crippen LogP contribution in [-0.4, -0.2) is 55.3 Å². The second kappa shape index (κ2) is 9.50. The molecule has 1 aromatic rings. The van der Waals surface area contributed by atoms with Crippen LogP contribution in [0.4, 0.5) is 4.79 Å². The Kier molecular flexibility index (Phi) is 7.32. The monoisotopic (exact) mass is 323 g/mol. The van der Waals surface area contributed by atoms with Crippen molar-refractivity contribution in [2.45, 2.75) is 38.0 Å². The van der Waals surface area contributed by atoms with Crippen molar-refractivity contribution >= 4 is 6.09 Å². The summed E-state index contributed by atoms with van der Waals surface area (Å²) in [6.07, 6.45) is 2.16. The molecule has 0 aliphatic carbocycles. The van der Waals surface area contributed by atoms with Crippen LogP contribution in [0.3, 0.4) is 0 Å². The Bertz CT molecular complexity index is 467. The smallest absolute Gasteiger partial charge is 0.410 e. The first-order valence-electron chi connectivity index (χ1n) is 7.92. The maximum Gasteiger partial charge on any atom is 0.410 e. The molecule has 2 atom stereocenters. The number of nitrogens with zero attached hydrogens (tertiary/aromatic N) is 1. The third kappa shape index (κ3) is 5.20. The third-order valence-corrected chi connectivity index (χ3v) is 4.00. The SMILES string of the molecule is COCOC[C@@H]1CCC[C@H](CO)N1C(=O)OCc1ccccc1. The van der Waals surface area contributed by atoms with Gasteiger partial charge in [0, 0.05) is 7.11 Å². The number of rotatable bonds is 7. The highest BCUT2D eigenvalue weighted by Crippen LogP contribution is 2.24. The highest BCUT2D eigenvalue weighted by Gasteiger charge is 2.35. The van der Waals surface area contributed by atoms with Crippen molar-refractivity contribution in [2.75, 3.05) is 27.1 Å². The molecule has 2 rings (SSSR count). The summed E-state index contributed by atoms with van der Waals surface area (Å²) in [6, 6.07) is 9.23. The number of carbonyl (C=O) groups excluding carboxylic acids is 1. The fraction of sp³-hybridized carbons (Fsp3) is 0.588. The summed E-state index contributed by atoms with van der Waals surface area (Å²) in [5.74, 6) is 0. The van der Waals surface area contributed by atoms with Crippen LogP contribution in [0.25, 0.3) is 0 Å². The molecule has 128 valence electrons. The normalized spacial score (nSPS) is 21.2. The molecule has 0 saturated carbocycles. The van der Waals surface area contributed by atoms with Gasteiger partial charge < -0.3 is 19.3 Å². The molecule has 6 nitrogen and oxygen atoms in total. The van der Waals surface area contributed by atoms with Crippen molar-refractivity contribution in [3.05, 3.63) is 35.9 Å². The zero-order valence-corrected chi connectivity index (χ0v) is 13.5.